The van der Waals surface area contributed by atoms with Gasteiger partial charge in [-0.2, -0.15) is 0 Å². The van der Waals surface area contributed by atoms with Crippen LogP contribution in [0, 0.1) is 11.8 Å². The molecular weight excluding hydrogens is 314 g/mol. The summed E-state index contributed by atoms with van der Waals surface area (Å²) in [6, 6.07) is -0.771. The zero-order chi connectivity index (χ0) is 18.5. The van der Waals surface area contributed by atoms with Crippen LogP contribution in [0.3, 0.4) is 0 Å². The van der Waals surface area contributed by atoms with Crippen LogP contribution in [-0.4, -0.2) is 41.8 Å². The lowest BCUT2D eigenvalue weighted by molar-refractivity contribution is -0.141. The molecule has 1 aliphatic rings. The fraction of sp³-hybridized carbons (Fsp3) is 0.750. The highest BCUT2D eigenvalue weighted by molar-refractivity contribution is 6.37. The molecule has 0 aromatic rings. The van der Waals surface area contributed by atoms with Crippen LogP contribution in [-0.2, 0) is 19.1 Å². The monoisotopic (exact) mass is 341 g/mol. The zero-order valence-electron chi connectivity index (χ0n) is 14.9. The normalized spacial score (nSPS) is 20.2. The third kappa shape index (κ3) is 6.27. The van der Waals surface area contributed by atoms with Crippen molar-refractivity contribution in [1.82, 2.24) is 16.2 Å². The van der Waals surface area contributed by atoms with E-state index >= 15 is 0 Å². The summed E-state index contributed by atoms with van der Waals surface area (Å²) >= 11 is 0. The van der Waals surface area contributed by atoms with Crippen molar-refractivity contribution < 1.29 is 23.9 Å². The molecule has 2 amide bonds. The molecule has 0 spiro atoms. The van der Waals surface area contributed by atoms with E-state index in [2.05, 4.69) is 16.2 Å². The number of ketones is 2. The van der Waals surface area contributed by atoms with E-state index in [4.69, 9.17) is 4.74 Å². The number of rotatable bonds is 5. The van der Waals surface area contributed by atoms with Crippen LogP contribution in [0.2, 0.25) is 0 Å². The number of carbonyl (C=O) groups is 4. The first-order chi connectivity index (χ1) is 11.0. The molecule has 8 nitrogen and oxygen atoms in total. The van der Waals surface area contributed by atoms with E-state index in [1.54, 1.807) is 34.6 Å². The molecule has 0 bridgehead atoms. The molecule has 2 unspecified atom stereocenters. The Kier molecular flexibility index (Phi) is 6.89. The zero-order valence-corrected chi connectivity index (χ0v) is 14.9. The second-order valence-corrected chi connectivity index (χ2v) is 7.27. The quantitative estimate of drug-likeness (QED) is 0.635. The van der Waals surface area contributed by atoms with E-state index in [0.717, 1.165) is 0 Å². The predicted molar refractivity (Wildman–Crippen MR) is 86.9 cm³/mol. The highest BCUT2D eigenvalue weighted by Crippen LogP contribution is 2.17. The molecule has 8 heteroatoms. The lowest BCUT2D eigenvalue weighted by Gasteiger charge is -2.25. The summed E-state index contributed by atoms with van der Waals surface area (Å²) < 4.78 is 5.17. The van der Waals surface area contributed by atoms with Gasteiger partial charge in [0.15, 0.2) is 5.78 Å². The molecule has 0 saturated carbocycles. The van der Waals surface area contributed by atoms with E-state index in [-0.39, 0.29) is 18.1 Å². The second-order valence-electron chi connectivity index (χ2n) is 7.27. The Labute approximate surface area is 142 Å². The van der Waals surface area contributed by atoms with Crippen LogP contribution < -0.4 is 16.2 Å². The summed E-state index contributed by atoms with van der Waals surface area (Å²) in [6.07, 6.45) is -0.395. The Bertz CT molecular complexity index is 510. The second kappa shape index (κ2) is 8.23. The molecule has 0 aromatic heterocycles. The minimum Gasteiger partial charge on any atom is -0.444 e. The minimum absolute atomic E-state index is 0.0907. The summed E-state index contributed by atoms with van der Waals surface area (Å²) in [6.45, 7) is 9.19. The number of nitrogens with one attached hydrogen (secondary N) is 3. The van der Waals surface area contributed by atoms with Gasteiger partial charge in [-0.25, -0.2) is 10.2 Å². The van der Waals surface area contributed by atoms with Gasteiger partial charge >= 0.3 is 12.0 Å². The van der Waals surface area contributed by atoms with Crippen LogP contribution in [0.4, 0.5) is 4.79 Å². The van der Waals surface area contributed by atoms with Gasteiger partial charge in [0.05, 0.1) is 6.04 Å². The molecule has 2 atom stereocenters. The fourth-order valence-corrected chi connectivity index (χ4v) is 2.39. The van der Waals surface area contributed by atoms with Crippen molar-refractivity contribution >= 4 is 23.6 Å². The first-order valence-corrected chi connectivity index (χ1v) is 8.10. The highest BCUT2D eigenvalue weighted by atomic mass is 16.6. The van der Waals surface area contributed by atoms with Crippen molar-refractivity contribution in [2.24, 2.45) is 11.8 Å². The third-order valence-corrected chi connectivity index (χ3v) is 3.55. The van der Waals surface area contributed by atoms with Gasteiger partial charge in [-0.15, -0.1) is 0 Å². The smallest absolute Gasteiger partial charge is 0.408 e. The Morgan fingerprint density at radius 3 is 2.46 bits per heavy atom. The third-order valence-electron chi connectivity index (χ3n) is 3.55. The first kappa shape index (κ1) is 20.1. The molecule has 1 fully saturated rings. The molecule has 3 N–H and O–H groups in total. The molecule has 136 valence electrons. The number of ether oxygens (including phenoxy) is 1. The van der Waals surface area contributed by atoms with E-state index in [1.807, 2.05) is 0 Å². The maximum absolute atomic E-state index is 12.5. The van der Waals surface area contributed by atoms with Crippen LogP contribution in [0.1, 0.15) is 47.5 Å². The SMILES string of the molecule is CC(C)C(NC(=O)OC(C)(C)C)C(=O)CC1CCNNC(=O)C1=O. The largest absolute Gasteiger partial charge is 0.444 e. The van der Waals surface area contributed by atoms with Gasteiger partial charge in [0, 0.05) is 18.9 Å². The maximum Gasteiger partial charge on any atom is 0.408 e. The number of alkyl carbamates (subject to hydrolysis) is 1. The average molecular weight is 341 g/mol. The van der Waals surface area contributed by atoms with E-state index < -0.39 is 35.3 Å². The topological polar surface area (TPSA) is 114 Å². The molecule has 1 heterocycles. The summed E-state index contributed by atoms with van der Waals surface area (Å²) in [5.41, 5.74) is 4.22. The fourth-order valence-electron chi connectivity index (χ4n) is 2.39. The Hall–Kier alpha value is -1.96. The van der Waals surface area contributed by atoms with Crippen molar-refractivity contribution in [3.63, 3.8) is 0 Å². The van der Waals surface area contributed by atoms with Crippen molar-refractivity contribution in [2.45, 2.75) is 59.1 Å². The molecule has 1 saturated heterocycles. The van der Waals surface area contributed by atoms with Crippen LogP contribution in [0.15, 0.2) is 0 Å². The standard InChI is InChI=1S/C16H27N3O5/c1-9(2)12(18-15(23)24-16(3,4)5)11(20)8-10-6-7-17-19-14(22)13(10)21/h9-10,12,17H,6-8H2,1-5H3,(H,18,23)(H,19,22). The number of hydrazine groups is 1. The van der Waals surface area contributed by atoms with Gasteiger partial charge in [0.2, 0.25) is 5.78 Å². The summed E-state index contributed by atoms with van der Waals surface area (Å²) in [5, 5.41) is 2.57. The first-order valence-electron chi connectivity index (χ1n) is 8.10. The van der Waals surface area contributed by atoms with Crippen LogP contribution in [0.5, 0.6) is 0 Å². The van der Waals surface area contributed by atoms with Gasteiger partial charge in [-0.05, 0) is 33.1 Å². The van der Waals surface area contributed by atoms with E-state index in [1.165, 1.54) is 0 Å². The summed E-state index contributed by atoms with van der Waals surface area (Å²) in [7, 11) is 0. The Balaban J connectivity index is 2.74. The number of hydrogen-bond donors (Lipinski definition) is 3. The van der Waals surface area contributed by atoms with Crippen molar-refractivity contribution in [1.29, 1.82) is 0 Å². The average Bonchev–Trinajstić information content (AvgIpc) is 2.58. The highest BCUT2D eigenvalue weighted by Gasteiger charge is 2.33. The van der Waals surface area contributed by atoms with E-state index in [0.29, 0.717) is 13.0 Å². The Morgan fingerprint density at radius 2 is 1.92 bits per heavy atom. The molecule has 1 rings (SSSR count). The van der Waals surface area contributed by atoms with Gasteiger partial charge in [0.25, 0.3) is 0 Å². The van der Waals surface area contributed by atoms with Crippen molar-refractivity contribution in [3.8, 4) is 0 Å². The number of hydrogen-bond acceptors (Lipinski definition) is 6. The van der Waals surface area contributed by atoms with Gasteiger partial charge in [-0.1, -0.05) is 13.8 Å². The molecule has 0 radical (unpaired) electrons. The summed E-state index contributed by atoms with van der Waals surface area (Å²) in [5.74, 6) is -2.50. The number of Topliss-reactive ketones (excluding diaryl/α,β-unsaturated/α-hetero) is 2. The maximum atomic E-state index is 12.5. The van der Waals surface area contributed by atoms with Gasteiger partial charge in [-0.3, -0.25) is 19.8 Å². The molecular formula is C16H27N3O5. The van der Waals surface area contributed by atoms with Crippen LogP contribution >= 0.6 is 0 Å². The van der Waals surface area contributed by atoms with Crippen molar-refractivity contribution in [3.05, 3.63) is 0 Å². The number of carbonyl (C=O) groups excluding carboxylic acids is 4. The lowest BCUT2D eigenvalue weighted by atomic mass is 9.88. The molecule has 0 aromatic carbocycles. The Morgan fingerprint density at radius 1 is 1.29 bits per heavy atom. The van der Waals surface area contributed by atoms with Crippen LogP contribution in [0.25, 0.3) is 0 Å². The van der Waals surface area contributed by atoms with E-state index in [9.17, 15) is 19.2 Å². The predicted octanol–water partition coefficient (Wildman–Crippen LogP) is 0.705. The lowest BCUT2D eigenvalue weighted by Crippen LogP contribution is -2.47. The summed E-state index contributed by atoms with van der Waals surface area (Å²) in [4.78, 5) is 47.9. The van der Waals surface area contributed by atoms with Gasteiger partial charge in [0.1, 0.15) is 5.60 Å². The molecule has 1 aliphatic heterocycles. The number of amides is 2. The minimum atomic E-state index is -0.771. The molecule has 0 aliphatic carbocycles. The van der Waals surface area contributed by atoms with Gasteiger partial charge < -0.3 is 10.1 Å². The molecule has 24 heavy (non-hydrogen) atoms. The van der Waals surface area contributed by atoms with Crippen molar-refractivity contribution in [2.75, 3.05) is 6.54 Å².